The Hall–Kier alpha value is -3.03. The molecule has 5 aromatic rings. The second-order valence-corrected chi connectivity index (χ2v) is 13.8. The van der Waals surface area contributed by atoms with Crippen molar-refractivity contribution in [2.24, 2.45) is 7.05 Å². The van der Waals surface area contributed by atoms with Gasteiger partial charge < -0.3 is 9.47 Å². The van der Waals surface area contributed by atoms with Gasteiger partial charge in [0.15, 0.2) is 5.78 Å². The number of carbonyl (C=O) groups is 2. The van der Waals surface area contributed by atoms with E-state index in [2.05, 4.69) is 18.2 Å². The largest absolute Gasteiger partial charge is 0.350 e. The maximum Gasteiger partial charge on any atom is 0.229 e. The van der Waals surface area contributed by atoms with E-state index in [1.165, 1.54) is 11.8 Å². The lowest BCUT2D eigenvalue weighted by molar-refractivity contribution is -0.123. The van der Waals surface area contributed by atoms with Crippen LogP contribution in [0.2, 0.25) is 10.0 Å². The van der Waals surface area contributed by atoms with E-state index in [1.807, 2.05) is 83.5 Å². The molecule has 0 aliphatic carbocycles. The summed E-state index contributed by atoms with van der Waals surface area (Å²) in [7, 11) is 1.97. The number of aryl methyl sites for hydroxylation is 3. The van der Waals surface area contributed by atoms with E-state index in [0.29, 0.717) is 28.6 Å². The van der Waals surface area contributed by atoms with Crippen molar-refractivity contribution in [2.45, 2.75) is 41.9 Å². The van der Waals surface area contributed by atoms with Crippen molar-refractivity contribution in [1.29, 1.82) is 0 Å². The van der Waals surface area contributed by atoms with Gasteiger partial charge in [-0.2, -0.15) is 0 Å². The molecule has 1 aliphatic rings. The number of thioether (sulfide) groups is 1. The zero-order chi connectivity index (χ0) is 28.7. The first-order valence-electron chi connectivity index (χ1n) is 13.4. The van der Waals surface area contributed by atoms with Crippen molar-refractivity contribution in [3.63, 3.8) is 0 Å². The van der Waals surface area contributed by atoms with E-state index in [4.69, 9.17) is 23.2 Å². The number of aromatic nitrogens is 1. The average molecular weight is 620 g/mol. The summed E-state index contributed by atoms with van der Waals surface area (Å²) in [6.45, 7) is 2.04. The maximum absolute atomic E-state index is 14.6. The van der Waals surface area contributed by atoms with Crippen LogP contribution in [0.1, 0.15) is 34.9 Å². The molecule has 0 spiro atoms. The Kier molecular flexibility index (Phi) is 7.77. The zero-order valence-corrected chi connectivity index (χ0v) is 25.8. The summed E-state index contributed by atoms with van der Waals surface area (Å²) >= 11 is 15.8. The molecular weight excluding hydrogens is 591 g/mol. The molecule has 0 bridgehead atoms. The molecule has 1 saturated heterocycles. The van der Waals surface area contributed by atoms with Crippen molar-refractivity contribution >= 4 is 74.6 Å². The number of hydrogen-bond donors (Lipinski definition) is 0. The molecule has 1 aliphatic heterocycles. The van der Waals surface area contributed by atoms with Crippen LogP contribution in [0.4, 0.5) is 5.69 Å². The van der Waals surface area contributed by atoms with Crippen LogP contribution in [0.15, 0.2) is 95.3 Å². The number of hydrogen-bond acceptors (Lipinski definition) is 4. The van der Waals surface area contributed by atoms with E-state index in [9.17, 15) is 9.59 Å². The van der Waals surface area contributed by atoms with Gasteiger partial charge >= 0.3 is 0 Å². The van der Waals surface area contributed by atoms with Crippen molar-refractivity contribution < 1.29 is 9.59 Å². The van der Waals surface area contributed by atoms with Gasteiger partial charge in [-0.25, -0.2) is 0 Å². The minimum absolute atomic E-state index is 0.0669. The van der Waals surface area contributed by atoms with E-state index < -0.39 is 10.8 Å². The SMILES string of the molecule is Cc1ccc(SC2(C(=O)CCc3cccs3)CC(=O)N(c3ccc(Cl)cc3)C2c2cn(C)c3cc(Cl)ccc23)cc1. The van der Waals surface area contributed by atoms with Crippen molar-refractivity contribution in [1.82, 2.24) is 4.57 Å². The number of amides is 1. The van der Waals surface area contributed by atoms with Crippen LogP contribution in [-0.2, 0) is 23.1 Å². The number of thiophene rings is 1. The fourth-order valence-electron chi connectivity index (χ4n) is 5.77. The van der Waals surface area contributed by atoms with Gasteiger partial charge in [0.25, 0.3) is 0 Å². The highest BCUT2D eigenvalue weighted by Gasteiger charge is 2.58. The molecule has 0 N–H and O–H groups in total. The number of nitrogens with zero attached hydrogens (tertiary/aromatic N) is 2. The van der Waals surface area contributed by atoms with Gasteiger partial charge in [0.05, 0.1) is 12.5 Å². The van der Waals surface area contributed by atoms with E-state index >= 15 is 0 Å². The van der Waals surface area contributed by atoms with Crippen LogP contribution >= 0.6 is 46.3 Å². The fourth-order valence-corrected chi connectivity index (χ4v) is 8.22. The molecule has 0 saturated carbocycles. The normalized spacial score (nSPS) is 18.9. The highest BCUT2D eigenvalue weighted by Crippen LogP contribution is 2.56. The van der Waals surface area contributed by atoms with Gasteiger partial charge in [0, 0.05) is 61.6 Å². The fraction of sp³-hybridized carbons (Fsp3) is 0.212. The van der Waals surface area contributed by atoms with Crippen LogP contribution < -0.4 is 4.90 Å². The first-order valence-corrected chi connectivity index (χ1v) is 15.8. The molecule has 3 heterocycles. The monoisotopic (exact) mass is 618 g/mol. The summed E-state index contributed by atoms with van der Waals surface area (Å²) < 4.78 is 0.966. The number of Topliss-reactive ketones (excluding diaryl/α,β-unsaturated/α-hetero) is 1. The molecule has 2 unspecified atom stereocenters. The minimum Gasteiger partial charge on any atom is -0.350 e. The summed E-state index contributed by atoms with van der Waals surface area (Å²) in [4.78, 5) is 32.7. The molecule has 1 amide bonds. The molecule has 2 aromatic heterocycles. The van der Waals surface area contributed by atoms with Crippen molar-refractivity contribution in [2.75, 3.05) is 4.90 Å². The molecular formula is C33H28Cl2N2O2S2. The Morgan fingerprint density at radius 1 is 1.02 bits per heavy atom. The molecule has 0 radical (unpaired) electrons. The van der Waals surface area contributed by atoms with Gasteiger partial charge in [0.2, 0.25) is 5.91 Å². The number of rotatable bonds is 8. The molecule has 41 heavy (non-hydrogen) atoms. The number of carbonyl (C=O) groups excluding carboxylic acids is 2. The van der Waals surface area contributed by atoms with Crippen LogP contribution in [0.5, 0.6) is 0 Å². The molecule has 4 nitrogen and oxygen atoms in total. The van der Waals surface area contributed by atoms with Crippen molar-refractivity contribution in [3.8, 4) is 0 Å². The summed E-state index contributed by atoms with van der Waals surface area (Å²) in [5, 5.41) is 4.22. The lowest BCUT2D eigenvalue weighted by Crippen LogP contribution is -2.42. The highest BCUT2D eigenvalue weighted by molar-refractivity contribution is 8.01. The third-order valence-electron chi connectivity index (χ3n) is 7.74. The Morgan fingerprint density at radius 3 is 2.46 bits per heavy atom. The molecule has 6 rings (SSSR count). The topological polar surface area (TPSA) is 42.3 Å². The van der Waals surface area contributed by atoms with Gasteiger partial charge in [-0.1, -0.05) is 53.0 Å². The van der Waals surface area contributed by atoms with Crippen molar-refractivity contribution in [3.05, 3.63) is 116 Å². The third kappa shape index (κ3) is 5.35. The predicted octanol–water partition coefficient (Wildman–Crippen LogP) is 9.07. The van der Waals surface area contributed by atoms with Gasteiger partial charge in [-0.3, -0.25) is 9.59 Å². The Bertz CT molecular complexity index is 1730. The van der Waals surface area contributed by atoms with E-state index in [-0.39, 0.29) is 18.1 Å². The Labute approximate surface area is 257 Å². The van der Waals surface area contributed by atoms with Gasteiger partial charge in [-0.15, -0.1) is 23.1 Å². The summed E-state index contributed by atoms with van der Waals surface area (Å²) in [6, 6.07) is 24.8. The first-order chi connectivity index (χ1) is 19.7. The van der Waals surface area contributed by atoms with Crippen LogP contribution in [0.3, 0.4) is 0 Å². The van der Waals surface area contributed by atoms with E-state index in [0.717, 1.165) is 31.8 Å². The maximum atomic E-state index is 14.6. The van der Waals surface area contributed by atoms with Gasteiger partial charge in [-0.05, 0) is 73.3 Å². The Balaban J connectivity index is 1.56. The van der Waals surface area contributed by atoms with E-state index in [1.54, 1.807) is 23.5 Å². The second-order valence-electron chi connectivity index (χ2n) is 10.5. The smallest absolute Gasteiger partial charge is 0.229 e. The van der Waals surface area contributed by atoms with Gasteiger partial charge in [0.1, 0.15) is 4.75 Å². The average Bonchev–Trinajstić information content (AvgIpc) is 3.66. The quantitative estimate of drug-likeness (QED) is 0.174. The highest BCUT2D eigenvalue weighted by atomic mass is 35.5. The number of halogens is 2. The van der Waals surface area contributed by atoms with Crippen LogP contribution in [-0.4, -0.2) is 21.0 Å². The third-order valence-corrected chi connectivity index (χ3v) is 10.6. The Morgan fingerprint density at radius 2 is 1.76 bits per heavy atom. The number of benzene rings is 3. The molecule has 3 aromatic carbocycles. The molecule has 208 valence electrons. The number of anilines is 1. The van der Waals surface area contributed by atoms with Crippen LogP contribution in [0, 0.1) is 6.92 Å². The molecule has 1 fully saturated rings. The lowest BCUT2D eigenvalue weighted by atomic mass is 9.86. The summed E-state index contributed by atoms with van der Waals surface area (Å²) in [5.41, 5.74) is 3.72. The predicted molar refractivity (Wildman–Crippen MR) is 172 cm³/mol. The lowest BCUT2D eigenvalue weighted by Gasteiger charge is -2.36. The summed E-state index contributed by atoms with van der Waals surface area (Å²) in [6.07, 6.45) is 3.12. The second kappa shape index (κ2) is 11.3. The number of fused-ring (bicyclic) bond motifs is 1. The first kappa shape index (κ1) is 28.1. The van der Waals surface area contributed by atoms with Crippen LogP contribution in [0.25, 0.3) is 10.9 Å². The summed E-state index contributed by atoms with van der Waals surface area (Å²) in [5.74, 6) is -0.0235. The standard InChI is InChI=1S/C33H28Cl2N2O2S2/c1-21-5-12-26(13-6-21)41-33(30(38)16-14-25-4-3-17-40-25)19-31(39)37(24-10-7-22(34)8-11-24)32(33)28-20-36(2)29-18-23(35)9-15-27(28)29/h3-13,15,17-18,20,32H,14,16,19H2,1-2H3. The zero-order valence-electron chi connectivity index (χ0n) is 22.6. The number of ketones is 1. The molecule has 8 heteroatoms. The minimum atomic E-state index is -1.06. The molecule has 2 atom stereocenters.